The minimum absolute atomic E-state index is 0.0507. The summed E-state index contributed by atoms with van der Waals surface area (Å²) in [7, 11) is 0. The van der Waals surface area contributed by atoms with Gasteiger partial charge < -0.3 is 9.52 Å². The highest BCUT2D eigenvalue weighted by Gasteiger charge is 2.13. The Bertz CT molecular complexity index is 622. The van der Waals surface area contributed by atoms with Crippen LogP contribution in [-0.2, 0) is 5.75 Å². The van der Waals surface area contributed by atoms with Crippen LogP contribution in [0.4, 0.5) is 0 Å². The maximum atomic E-state index is 10.8. The lowest BCUT2D eigenvalue weighted by molar-refractivity contribution is 0.0661. The van der Waals surface area contributed by atoms with Crippen molar-refractivity contribution < 1.29 is 14.3 Å². The van der Waals surface area contributed by atoms with Gasteiger partial charge >= 0.3 is 5.97 Å². The van der Waals surface area contributed by atoms with Crippen LogP contribution in [-0.4, -0.2) is 11.1 Å². The number of hydrogen-bond acceptors (Lipinski definition) is 3. The molecule has 0 spiro atoms. The van der Waals surface area contributed by atoms with Crippen molar-refractivity contribution in [2.75, 3.05) is 0 Å². The van der Waals surface area contributed by atoms with Gasteiger partial charge in [0.2, 0.25) is 5.76 Å². The Kier molecular flexibility index (Phi) is 4.45. The van der Waals surface area contributed by atoms with Gasteiger partial charge in [0.25, 0.3) is 0 Å². The van der Waals surface area contributed by atoms with E-state index in [1.165, 1.54) is 17.8 Å². The first-order chi connectivity index (χ1) is 8.97. The lowest BCUT2D eigenvalue weighted by Crippen LogP contribution is -1.91. The largest absolute Gasteiger partial charge is 0.475 e. The quantitative estimate of drug-likeness (QED) is 0.816. The number of hydrogen-bond donors (Lipinski definition) is 1. The topological polar surface area (TPSA) is 50.4 Å². The lowest BCUT2D eigenvalue weighted by atomic mass is 10.3. The second-order valence-electron chi connectivity index (χ2n) is 3.86. The third-order valence-electron chi connectivity index (χ3n) is 2.51. The molecule has 1 aromatic heterocycles. The molecule has 0 aliphatic heterocycles. The van der Waals surface area contributed by atoms with Crippen LogP contribution in [0.15, 0.2) is 33.6 Å². The van der Waals surface area contributed by atoms with Crippen molar-refractivity contribution in [1.29, 1.82) is 0 Å². The number of carboxylic acids is 1. The van der Waals surface area contributed by atoms with Crippen LogP contribution >= 0.6 is 35.0 Å². The third kappa shape index (κ3) is 3.47. The van der Waals surface area contributed by atoms with Gasteiger partial charge in [-0.1, -0.05) is 23.2 Å². The normalized spacial score (nSPS) is 10.7. The number of carboxylic acid groups (broad SMARTS) is 1. The average Bonchev–Trinajstić information content (AvgIpc) is 2.72. The Morgan fingerprint density at radius 2 is 2.11 bits per heavy atom. The first-order valence-corrected chi connectivity index (χ1v) is 7.12. The van der Waals surface area contributed by atoms with E-state index in [1.807, 2.05) is 0 Å². The second kappa shape index (κ2) is 5.90. The highest BCUT2D eigenvalue weighted by atomic mass is 35.5. The molecule has 0 bridgehead atoms. The monoisotopic (exact) mass is 316 g/mol. The van der Waals surface area contributed by atoms with Gasteiger partial charge in [-0.15, -0.1) is 11.8 Å². The SMILES string of the molecule is Cc1oc(C(=O)O)cc1CSc1cc(Cl)ccc1Cl. The summed E-state index contributed by atoms with van der Waals surface area (Å²) in [6, 6.07) is 6.77. The second-order valence-corrected chi connectivity index (χ2v) is 5.72. The Balaban J connectivity index is 2.14. The Labute approximate surface area is 124 Å². The zero-order chi connectivity index (χ0) is 14.0. The van der Waals surface area contributed by atoms with Gasteiger partial charge in [-0.25, -0.2) is 4.79 Å². The number of carbonyl (C=O) groups is 1. The minimum atomic E-state index is -1.07. The number of aromatic carboxylic acids is 1. The Morgan fingerprint density at radius 1 is 1.37 bits per heavy atom. The van der Waals surface area contributed by atoms with Crippen LogP contribution in [0, 0.1) is 6.92 Å². The summed E-state index contributed by atoms with van der Waals surface area (Å²) in [4.78, 5) is 11.7. The smallest absolute Gasteiger partial charge is 0.371 e. The molecule has 1 aromatic carbocycles. The van der Waals surface area contributed by atoms with E-state index in [-0.39, 0.29) is 5.76 Å². The molecule has 0 amide bonds. The van der Waals surface area contributed by atoms with Crippen LogP contribution < -0.4 is 0 Å². The van der Waals surface area contributed by atoms with Gasteiger partial charge in [-0.3, -0.25) is 0 Å². The molecule has 19 heavy (non-hydrogen) atoms. The van der Waals surface area contributed by atoms with Crippen LogP contribution in [0.3, 0.4) is 0 Å². The molecule has 0 atom stereocenters. The molecule has 0 unspecified atom stereocenters. The number of thioether (sulfide) groups is 1. The molecule has 0 fully saturated rings. The highest BCUT2D eigenvalue weighted by Crippen LogP contribution is 2.33. The average molecular weight is 317 g/mol. The van der Waals surface area contributed by atoms with Crippen LogP contribution in [0.5, 0.6) is 0 Å². The maximum absolute atomic E-state index is 10.8. The van der Waals surface area contributed by atoms with E-state index in [0.717, 1.165) is 10.5 Å². The van der Waals surface area contributed by atoms with Gasteiger partial charge in [0.05, 0.1) is 5.02 Å². The standard InChI is InChI=1S/C13H10Cl2O3S/c1-7-8(4-11(18-7)13(16)17)6-19-12-5-9(14)2-3-10(12)15/h2-5H,6H2,1H3,(H,16,17). The fraction of sp³-hybridized carbons (Fsp3) is 0.154. The predicted octanol–water partition coefficient (Wildman–Crippen LogP) is 4.89. The zero-order valence-corrected chi connectivity index (χ0v) is 12.3. The van der Waals surface area contributed by atoms with Gasteiger partial charge in [0.15, 0.2) is 0 Å². The van der Waals surface area contributed by atoms with E-state index in [2.05, 4.69) is 0 Å². The van der Waals surface area contributed by atoms with Crippen LogP contribution in [0.1, 0.15) is 21.9 Å². The van der Waals surface area contributed by atoms with Crippen molar-refractivity contribution >= 4 is 40.9 Å². The van der Waals surface area contributed by atoms with Crippen molar-refractivity contribution in [1.82, 2.24) is 0 Å². The van der Waals surface area contributed by atoms with E-state index in [9.17, 15) is 4.79 Å². The van der Waals surface area contributed by atoms with E-state index in [1.54, 1.807) is 25.1 Å². The first kappa shape index (κ1) is 14.3. The number of halogens is 2. The Hall–Kier alpha value is -1.10. The summed E-state index contributed by atoms with van der Waals surface area (Å²) in [6.45, 7) is 1.74. The maximum Gasteiger partial charge on any atom is 0.371 e. The summed E-state index contributed by atoms with van der Waals surface area (Å²) in [5.41, 5.74) is 0.832. The molecule has 0 saturated carbocycles. The summed E-state index contributed by atoms with van der Waals surface area (Å²) in [5.74, 6) is 0.0522. The van der Waals surface area contributed by atoms with Gasteiger partial charge in [0.1, 0.15) is 5.76 Å². The summed E-state index contributed by atoms with van der Waals surface area (Å²) < 4.78 is 5.15. The van der Waals surface area contributed by atoms with Crippen molar-refractivity contribution in [2.24, 2.45) is 0 Å². The molecule has 0 saturated heterocycles. The molecule has 6 heteroatoms. The Morgan fingerprint density at radius 3 is 2.74 bits per heavy atom. The van der Waals surface area contributed by atoms with Crippen LogP contribution in [0.2, 0.25) is 10.0 Å². The van der Waals surface area contributed by atoms with E-state index >= 15 is 0 Å². The lowest BCUT2D eigenvalue weighted by Gasteiger charge is -2.04. The van der Waals surface area contributed by atoms with Gasteiger partial charge in [0, 0.05) is 21.2 Å². The number of benzene rings is 1. The molecule has 2 aromatic rings. The van der Waals surface area contributed by atoms with E-state index < -0.39 is 5.97 Å². The molecule has 0 aliphatic carbocycles. The van der Waals surface area contributed by atoms with Crippen LogP contribution in [0.25, 0.3) is 0 Å². The zero-order valence-electron chi connectivity index (χ0n) is 9.94. The van der Waals surface area contributed by atoms with Crippen molar-refractivity contribution in [2.45, 2.75) is 17.6 Å². The highest BCUT2D eigenvalue weighted by molar-refractivity contribution is 7.98. The van der Waals surface area contributed by atoms with Crippen molar-refractivity contribution in [3.05, 3.63) is 51.4 Å². The molecule has 3 nitrogen and oxygen atoms in total. The fourth-order valence-electron chi connectivity index (χ4n) is 1.51. The van der Waals surface area contributed by atoms with E-state index in [4.69, 9.17) is 32.7 Å². The number of rotatable bonds is 4. The van der Waals surface area contributed by atoms with Crippen molar-refractivity contribution in [3.63, 3.8) is 0 Å². The van der Waals surface area contributed by atoms with E-state index in [0.29, 0.717) is 21.6 Å². The molecule has 2 rings (SSSR count). The molecule has 0 radical (unpaired) electrons. The summed E-state index contributed by atoms with van der Waals surface area (Å²) >= 11 is 13.5. The van der Waals surface area contributed by atoms with Crippen molar-refractivity contribution in [3.8, 4) is 0 Å². The number of furan rings is 1. The molecule has 1 heterocycles. The molecule has 0 aliphatic rings. The first-order valence-electron chi connectivity index (χ1n) is 5.38. The number of aryl methyl sites for hydroxylation is 1. The molecule has 100 valence electrons. The molecular formula is C13H10Cl2O3S. The predicted molar refractivity (Wildman–Crippen MR) is 76.4 cm³/mol. The summed E-state index contributed by atoms with van der Waals surface area (Å²) in [5, 5.41) is 10.1. The fourth-order valence-corrected chi connectivity index (χ4v) is 3.04. The third-order valence-corrected chi connectivity index (χ3v) is 4.29. The summed E-state index contributed by atoms with van der Waals surface area (Å²) in [6.07, 6.45) is 0. The van der Waals surface area contributed by atoms with Gasteiger partial charge in [-0.05, 0) is 31.2 Å². The van der Waals surface area contributed by atoms with Gasteiger partial charge in [-0.2, -0.15) is 0 Å². The minimum Gasteiger partial charge on any atom is -0.475 e. The molecular weight excluding hydrogens is 307 g/mol. The molecule has 1 N–H and O–H groups in total.